The maximum Gasteiger partial charge on any atom is 0.119 e. The van der Waals surface area contributed by atoms with Crippen LogP contribution in [0.2, 0.25) is 0 Å². The van der Waals surface area contributed by atoms with Crippen molar-refractivity contribution in [1.29, 1.82) is 0 Å². The molecule has 1 saturated heterocycles. The van der Waals surface area contributed by atoms with Crippen molar-refractivity contribution in [2.24, 2.45) is 0 Å². The summed E-state index contributed by atoms with van der Waals surface area (Å²) in [5.74, 6) is 0.859. The van der Waals surface area contributed by atoms with Gasteiger partial charge in [-0.15, -0.1) is 0 Å². The fourth-order valence-electron chi connectivity index (χ4n) is 2.23. The zero-order valence-corrected chi connectivity index (χ0v) is 11.9. The number of nitrogens with one attached hydrogen (secondary N) is 1. The van der Waals surface area contributed by atoms with Crippen molar-refractivity contribution < 1.29 is 14.2 Å². The highest BCUT2D eigenvalue weighted by Gasteiger charge is 2.28. The molecule has 1 unspecified atom stereocenters. The molecule has 19 heavy (non-hydrogen) atoms. The fraction of sp³-hybridized carbons (Fsp3) is 0.600. The van der Waals surface area contributed by atoms with Gasteiger partial charge in [0, 0.05) is 13.1 Å². The van der Waals surface area contributed by atoms with Gasteiger partial charge in [0.2, 0.25) is 0 Å². The normalized spacial score (nSPS) is 22.2. The third kappa shape index (κ3) is 4.49. The number of hydrogen-bond donors (Lipinski definition) is 1. The van der Waals surface area contributed by atoms with Gasteiger partial charge in [0.1, 0.15) is 5.75 Å². The van der Waals surface area contributed by atoms with E-state index in [4.69, 9.17) is 14.2 Å². The molecule has 1 aromatic carbocycles. The molecule has 4 nitrogen and oxygen atoms in total. The van der Waals surface area contributed by atoms with Gasteiger partial charge in [-0.3, -0.25) is 0 Å². The molecule has 1 N–H and O–H groups in total. The smallest absolute Gasteiger partial charge is 0.119 e. The molecule has 1 aromatic rings. The van der Waals surface area contributed by atoms with E-state index in [-0.39, 0.29) is 11.7 Å². The molecule has 0 spiro atoms. The van der Waals surface area contributed by atoms with Crippen LogP contribution in [0.15, 0.2) is 24.3 Å². The summed E-state index contributed by atoms with van der Waals surface area (Å²) >= 11 is 0. The predicted octanol–water partition coefficient (Wildman–Crippen LogP) is 1.98. The summed E-state index contributed by atoms with van der Waals surface area (Å²) < 4.78 is 16.9. The first-order chi connectivity index (χ1) is 9.09. The second-order valence-electron chi connectivity index (χ2n) is 5.50. The highest BCUT2D eigenvalue weighted by Crippen LogP contribution is 2.17. The van der Waals surface area contributed by atoms with Crippen LogP contribution in [0, 0.1) is 0 Å². The Kier molecular flexibility index (Phi) is 4.80. The number of rotatable bonds is 5. The Labute approximate surface area is 115 Å². The molecular formula is C15H23NO3. The maximum absolute atomic E-state index is 5.94. The summed E-state index contributed by atoms with van der Waals surface area (Å²) in [5.41, 5.74) is 1.00. The van der Waals surface area contributed by atoms with Crippen molar-refractivity contribution in [1.82, 2.24) is 5.32 Å². The van der Waals surface area contributed by atoms with E-state index in [0.717, 1.165) is 24.4 Å². The summed E-state index contributed by atoms with van der Waals surface area (Å²) in [6, 6.07) is 7.93. The van der Waals surface area contributed by atoms with Crippen molar-refractivity contribution in [3.05, 3.63) is 29.8 Å². The van der Waals surface area contributed by atoms with Gasteiger partial charge in [-0.1, -0.05) is 12.1 Å². The van der Waals surface area contributed by atoms with E-state index < -0.39 is 0 Å². The lowest BCUT2D eigenvalue weighted by Gasteiger charge is -2.36. The minimum absolute atomic E-state index is 0.109. The Morgan fingerprint density at radius 3 is 3.00 bits per heavy atom. The van der Waals surface area contributed by atoms with E-state index in [1.165, 1.54) is 0 Å². The van der Waals surface area contributed by atoms with Crippen molar-refractivity contribution in [2.75, 3.05) is 26.8 Å². The van der Waals surface area contributed by atoms with Gasteiger partial charge in [-0.05, 0) is 31.5 Å². The lowest BCUT2D eigenvalue weighted by molar-refractivity contribution is -0.122. The summed E-state index contributed by atoms with van der Waals surface area (Å²) in [5, 5.41) is 3.37. The van der Waals surface area contributed by atoms with Crippen molar-refractivity contribution in [2.45, 2.75) is 32.2 Å². The zero-order chi connectivity index (χ0) is 13.7. The van der Waals surface area contributed by atoms with E-state index >= 15 is 0 Å². The number of ether oxygens (including phenoxy) is 3. The molecule has 0 aliphatic carbocycles. The third-order valence-corrected chi connectivity index (χ3v) is 3.12. The molecule has 0 saturated carbocycles. The first-order valence-corrected chi connectivity index (χ1v) is 6.68. The van der Waals surface area contributed by atoms with E-state index in [9.17, 15) is 0 Å². The van der Waals surface area contributed by atoms with Crippen molar-refractivity contribution in [3.63, 3.8) is 0 Å². The summed E-state index contributed by atoms with van der Waals surface area (Å²) in [4.78, 5) is 0. The molecule has 1 fully saturated rings. The largest absolute Gasteiger partial charge is 0.497 e. The Morgan fingerprint density at radius 1 is 1.42 bits per heavy atom. The zero-order valence-electron chi connectivity index (χ0n) is 11.9. The Balaban J connectivity index is 1.76. The maximum atomic E-state index is 5.94. The molecule has 0 bridgehead atoms. The quantitative estimate of drug-likeness (QED) is 0.883. The lowest BCUT2D eigenvalue weighted by atomic mass is 10.1. The summed E-state index contributed by atoms with van der Waals surface area (Å²) in [6.07, 6.45) is 0.120. The Morgan fingerprint density at radius 2 is 2.26 bits per heavy atom. The summed E-state index contributed by atoms with van der Waals surface area (Å²) in [7, 11) is 1.67. The third-order valence-electron chi connectivity index (χ3n) is 3.12. The minimum atomic E-state index is -0.109. The second-order valence-corrected chi connectivity index (χ2v) is 5.50. The molecule has 1 aliphatic heterocycles. The van der Waals surface area contributed by atoms with Crippen LogP contribution in [0.1, 0.15) is 19.4 Å². The SMILES string of the molecule is COc1cccc(COCC2CNCC(C)(C)O2)c1. The Bertz CT molecular complexity index is 406. The van der Waals surface area contributed by atoms with Gasteiger partial charge in [-0.25, -0.2) is 0 Å². The molecule has 0 amide bonds. The number of methoxy groups -OCH3 is 1. The first-order valence-electron chi connectivity index (χ1n) is 6.68. The fourth-order valence-corrected chi connectivity index (χ4v) is 2.23. The minimum Gasteiger partial charge on any atom is -0.497 e. The number of benzene rings is 1. The van der Waals surface area contributed by atoms with Gasteiger partial charge in [0.15, 0.2) is 0 Å². The lowest BCUT2D eigenvalue weighted by Crippen LogP contribution is -2.51. The predicted molar refractivity (Wildman–Crippen MR) is 74.5 cm³/mol. The molecule has 1 heterocycles. The van der Waals surface area contributed by atoms with Crippen LogP contribution in [0.5, 0.6) is 5.75 Å². The van der Waals surface area contributed by atoms with Crippen LogP contribution in [0.4, 0.5) is 0 Å². The van der Waals surface area contributed by atoms with Crippen LogP contribution < -0.4 is 10.1 Å². The molecule has 1 atom stereocenters. The molecular weight excluding hydrogens is 242 g/mol. The second kappa shape index (κ2) is 6.37. The molecule has 2 rings (SSSR count). The van der Waals surface area contributed by atoms with Crippen molar-refractivity contribution in [3.8, 4) is 5.75 Å². The van der Waals surface area contributed by atoms with Gasteiger partial charge < -0.3 is 19.5 Å². The van der Waals surface area contributed by atoms with E-state index in [1.807, 2.05) is 24.3 Å². The van der Waals surface area contributed by atoms with Crippen molar-refractivity contribution >= 4 is 0 Å². The average molecular weight is 265 g/mol. The van der Waals surface area contributed by atoms with Crippen LogP contribution in [-0.2, 0) is 16.1 Å². The monoisotopic (exact) mass is 265 g/mol. The molecule has 1 aliphatic rings. The van der Waals surface area contributed by atoms with Gasteiger partial charge in [-0.2, -0.15) is 0 Å². The molecule has 106 valence electrons. The van der Waals surface area contributed by atoms with Gasteiger partial charge in [0.05, 0.1) is 32.0 Å². The van der Waals surface area contributed by atoms with Crippen LogP contribution in [0.3, 0.4) is 0 Å². The first kappa shape index (κ1) is 14.3. The summed E-state index contributed by atoms with van der Waals surface area (Å²) in [6.45, 7) is 7.11. The van der Waals surface area contributed by atoms with E-state index in [2.05, 4.69) is 19.2 Å². The van der Waals surface area contributed by atoms with E-state index in [0.29, 0.717) is 13.2 Å². The molecule has 4 heteroatoms. The number of morpholine rings is 1. The van der Waals surface area contributed by atoms with Crippen LogP contribution in [-0.4, -0.2) is 38.5 Å². The standard InChI is InChI=1S/C15H23NO3/c1-15(2)11-16-8-14(19-15)10-18-9-12-5-4-6-13(7-12)17-3/h4-7,14,16H,8-11H2,1-3H3. The molecule has 0 aromatic heterocycles. The van der Waals surface area contributed by atoms with Crippen LogP contribution >= 0.6 is 0 Å². The Hall–Kier alpha value is -1.10. The van der Waals surface area contributed by atoms with E-state index in [1.54, 1.807) is 7.11 Å². The topological polar surface area (TPSA) is 39.7 Å². The average Bonchev–Trinajstić information content (AvgIpc) is 2.38. The highest BCUT2D eigenvalue weighted by molar-refractivity contribution is 5.27. The van der Waals surface area contributed by atoms with Gasteiger partial charge >= 0.3 is 0 Å². The van der Waals surface area contributed by atoms with Crippen LogP contribution in [0.25, 0.3) is 0 Å². The van der Waals surface area contributed by atoms with Gasteiger partial charge in [0.25, 0.3) is 0 Å². The number of hydrogen-bond acceptors (Lipinski definition) is 4. The molecule has 0 radical (unpaired) electrons. The highest BCUT2D eigenvalue weighted by atomic mass is 16.5.